The lowest BCUT2D eigenvalue weighted by molar-refractivity contribution is -0.122. The number of carbonyl (C=O) groups is 3. The number of aryl methyl sites for hydroxylation is 2. The second-order valence-corrected chi connectivity index (χ2v) is 8.11. The number of barbiturate groups is 1. The van der Waals surface area contributed by atoms with E-state index >= 15 is 0 Å². The minimum absolute atomic E-state index is 0.00881. The molecule has 4 amide bonds. The zero-order chi connectivity index (χ0) is 23.9. The molecule has 1 saturated heterocycles. The number of aromatic nitrogens is 1. The molecule has 6 nitrogen and oxygen atoms in total. The molecule has 0 spiro atoms. The van der Waals surface area contributed by atoms with E-state index in [9.17, 15) is 18.8 Å². The second-order valence-electron chi connectivity index (χ2n) is 7.70. The summed E-state index contributed by atoms with van der Waals surface area (Å²) in [4.78, 5) is 39.4. The summed E-state index contributed by atoms with van der Waals surface area (Å²) in [6, 6.07) is 12.5. The SMILES string of the molecule is CCc1ccccc1N1C(=O)NC(=O)/C(=C\c2cc(C)n(-c3ccc(F)c(Cl)c3)c2C)C1=O. The molecule has 1 N–H and O–H groups in total. The largest absolute Gasteiger partial charge is 0.335 e. The van der Waals surface area contributed by atoms with Crippen molar-refractivity contribution in [3.63, 3.8) is 0 Å². The molecular formula is C25H21ClFN3O3. The van der Waals surface area contributed by atoms with Crippen LogP contribution in [0.15, 0.2) is 54.1 Å². The number of hydrogen-bond acceptors (Lipinski definition) is 3. The van der Waals surface area contributed by atoms with Gasteiger partial charge in [-0.25, -0.2) is 14.1 Å². The summed E-state index contributed by atoms with van der Waals surface area (Å²) in [6.07, 6.45) is 2.08. The molecule has 2 aromatic carbocycles. The molecule has 0 bridgehead atoms. The normalized spacial score (nSPS) is 15.4. The van der Waals surface area contributed by atoms with E-state index in [0.717, 1.165) is 21.9 Å². The monoisotopic (exact) mass is 465 g/mol. The number of para-hydroxylation sites is 1. The van der Waals surface area contributed by atoms with Crippen molar-refractivity contribution in [2.24, 2.45) is 0 Å². The number of urea groups is 1. The van der Waals surface area contributed by atoms with Crippen molar-refractivity contribution in [3.8, 4) is 5.69 Å². The van der Waals surface area contributed by atoms with Crippen molar-refractivity contribution in [1.29, 1.82) is 0 Å². The van der Waals surface area contributed by atoms with Gasteiger partial charge in [0.15, 0.2) is 0 Å². The maximum absolute atomic E-state index is 13.6. The van der Waals surface area contributed by atoms with Crippen molar-refractivity contribution in [1.82, 2.24) is 9.88 Å². The van der Waals surface area contributed by atoms with Gasteiger partial charge in [-0.05, 0) is 67.8 Å². The standard InChI is InChI=1S/C25H21ClFN3O3/c1-4-16-7-5-6-8-22(16)30-24(32)19(23(31)28-25(30)33)12-17-11-14(2)29(15(17)3)18-9-10-21(27)20(26)13-18/h5-13H,4H2,1-3H3,(H,28,31,33)/b19-12+. The van der Waals surface area contributed by atoms with Crippen LogP contribution in [0, 0.1) is 19.7 Å². The van der Waals surface area contributed by atoms with Crippen molar-refractivity contribution in [2.45, 2.75) is 27.2 Å². The Labute approximate surface area is 195 Å². The molecule has 1 aliphatic rings. The molecule has 4 rings (SSSR count). The van der Waals surface area contributed by atoms with Crippen LogP contribution in [0.25, 0.3) is 11.8 Å². The fraction of sp³-hybridized carbons (Fsp3) is 0.160. The molecule has 1 aliphatic heterocycles. The topological polar surface area (TPSA) is 71.4 Å². The molecule has 0 aliphatic carbocycles. The van der Waals surface area contributed by atoms with Crippen LogP contribution >= 0.6 is 11.6 Å². The molecule has 33 heavy (non-hydrogen) atoms. The predicted octanol–water partition coefficient (Wildman–Crippen LogP) is 5.12. The van der Waals surface area contributed by atoms with E-state index in [0.29, 0.717) is 23.4 Å². The van der Waals surface area contributed by atoms with Gasteiger partial charge in [0.05, 0.1) is 10.7 Å². The summed E-state index contributed by atoms with van der Waals surface area (Å²) >= 11 is 5.95. The lowest BCUT2D eigenvalue weighted by Crippen LogP contribution is -2.54. The van der Waals surface area contributed by atoms with E-state index in [2.05, 4.69) is 5.32 Å². The molecule has 1 aromatic heterocycles. The van der Waals surface area contributed by atoms with Crippen LogP contribution in [-0.4, -0.2) is 22.4 Å². The Kier molecular flexibility index (Phi) is 5.91. The molecule has 0 unspecified atom stereocenters. The second kappa shape index (κ2) is 8.67. The fourth-order valence-corrected chi connectivity index (χ4v) is 4.19. The first-order valence-electron chi connectivity index (χ1n) is 10.4. The fourth-order valence-electron chi connectivity index (χ4n) is 4.01. The Hall–Kier alpha value is -3.71. The number of imide groups is 2. The van der Waals surface area contributed by atoms with E-state index in [-0.39, 0.29) is 10.6 Å². The van der Waals surface area contributed by atoms with Crippen LogP contribution < -0.4 is 10.2 Å². The number of halogens is 2. The summed E-state index contributed by atoms with van der Waals surface area (Å²) in [5.74, 6) is -1.98. The first-order chi connectivity index (χ1) is 15.7. The van der Waals surface area contributed by atoms with Gasteiger partial charge in [-0.1, -0.05) is 36.7 Å². The summed E-state index contributed by atoms with van der Waals surface area (Å²) in [5, 5.41) is 2.25. The van der Waals surface area contributed by atoms with E-state index in [1.807, 2.05) is 37.5 Å². The highest BCUT2D eigenvalue weighted by molar-refractivity contribution is 6.39. The zero-order valence-corrected chi connectivity index (χ0v) is 19.0. The number of anilines is 1. The van der Waals surface area contributed by atoms with Gasteiger partial charge in [0.2, 0.25) is 0 Å². The van der Waals surface area contributed by atoms with Crippen LogP contribution in [0.1, 0.15) is 29.4 Å². The van der Waals surface area contributed by atoms with Gasteiger partial charge in [-0.3, -0.25) is 14.9 Å². The molecule has 1 fully saturated rings. The number of nitrogens with zero attached hydrogens (tertiary/aromatic N) is 2. The van der Waals surface area contributed by atoms with Gasteiger partial charge in [0, 0.05) is 17.1 Å². The lowest BCUT2D eigenvalue weighted by atomic mass is 10.0. The Morgan fingerprint density at radius 2 is 1.79 bits per heavy atom. The quantitative estimate of drug-likeness (QED) is 0.429. The van der Waals surface area contributed by atoms with Crippen LogP contribution in [0.3, 0.4) is 0 Å². The average molecular weight is 466 g/mol. The summed E-state index contributed by atoms with van der Waals surface area (Å²) in [5.41, 5.74) is 3.88. The van der Waals surface area contributed by atoms with Gasteiger partial charge in [-0.15, -0.1) is 0 Å². The third-order valence-electron chi connectivity index (χ3n) is 5.65. The summed E-state index contributed by atoms with van der Waals surface area (Å²) in [7, 11) is 0. The number of rotatable bonds is 4. The molecule has 0 radical (unpaired) electrons. The van der Waals surface area contributed by atoms with E-state index in [1.165, 1.54) is 18.2 Å². The first-order valence-corrected chi connectivity index (χ1v) is 10.7. The number of hydrogen-bond donors (Lipinski definition) is 1. The number of benzene rings is 2. The minimum Gasteiger partial charge on any atom is -0.318 e. The molecule has 2 heterocycles. The van der Waals surface area contributed by atoms with E-state index in [4.69, 9.17) is 11.6 Å². The van der Waals surface area contributed by atoms with Gasteiger partial charge in [-0.2, -0.15) is 0 Å². The lowest BCUT2D eigenvalue weighted by Gasteiger charge is -2.28. The molecule has 8 heteroatoms. The highest BCUT2D eigenvalue weighted by Crippen LogP contribution is 2.29. The molecule has 168 valence electrons. The minimum atomic E-state index is -0.783. The van der Waals surface area contributed by atoms with Crippen LogP contribution in [0.4, 0.5) is 14.9 Å². The molecule has 3 aromatic rings. The summed E-state index contributed by atoms with van der Waals surface area (Å²) < 4.78 is 15.5. The van der Waals surface area contributed by atoms with E-state index < -0.39 is 23.7 Å². The van der Waals surface area contributed by atoms with Crippen molar-refractivity contribution >= 4 is 41.2 Å². The summed E-state index contributed by atoms with van der Waals surface area (Å²) in [6.45, 7) is 5.59. The third-order valence-corrected chi connectivity index (χ3v) is 5.94. The maximum Gasteiger partial charge on any atom is 0.335 e. The third kappa shape index (κ3) is 3.96. The molecular weight excluding hydrogens is 445 g/mol. The zero-order valence-electron chi connectivity index (χ0n) is 18.3. The number of amides is 4. The van der Waals surface area contributed by atoms with Crippen molar-refractivity contribution in [3.05, 3.63) is 87.5 Å². The van der Waals surface area contributed by atoms with Gasteiger partial charge >= 0.3 is 6.03 Å². The Balaban J connectivity index is 1.78. The van der Waals surface area contributed by atoms with Crippen molar-refractivity contribution in [2.75, 3.05) is 4.90 Å². The molecule has 0 atom stereocenters. The Morgan fingerprint density at radius 1 is 1.06 bits per heavy atom. The highest BCUT2D eigenvalue weighted by atomic mass is 35.5. The average Bonchev–Trinajstić information content (AvgIpc) is 3.06. The van der Waals surface area contributed by atoms with Gasteiger partial charge in [0.25, 0.3) is 11.8 Å². The van der Waals surface area contributed by atoms with Gasteiger partial charge in [0.1, 0.15) is 11.4 Å². The predicted molar refractivity (Wildman–Crippen MR) is 125 cm³/mol. The molecule has 0 saturated carbocycles. The first kappa shape index (κ1) is 22.5. The van der Waals surface area contributed by atoms with E-state index in [1.54, 1.807) is 24.3 Å². The number of carbonyl (C=O) groups excluding carboxylic acids is 3. The van der Waals surface area contributed by atoms with Crippen molar-refractivity contribution < 1.29 is 18.8 Å². The van der Waals surface area contributed by atoms with Crippen LogP contribution in [0.5, 0.6) is 0 Å². The van der Waals surface area contributed by atoms with Crippen LogP contribution in [-0.2, 0) is 16.0 Å². The number of nitrogens with one attached hydrogen (secondary N) is 1. The van der Waals surface area contributed by atoms with Gasteiger partial charge < -0.3 is 4.57 Å². The highest BCUT2D eigenvalue weighted by Gasteiger charge is 2.37. The smallest absolute Gasteiger partial charge is 0.318 e. The van der Waals surface area contributed by atoms with Crippen LogP contribution in [0.2, 0.25) is 5.02 Å². The Morgan fingerprint density at radius 3 is 2.48 bits per heavy atom. The Bertz CT molecular complexity index is 1340. The maximum atomic E-state index is 13.6.